The van der Waals surface area contributed by atoms with Gasteiger partial charge in [0.05, 0.1) is 11.5 Å². The molecule has 0 radical (unpaired) electrons. The number of anilines is 1. The van der Waals surface area contributed by atoms with Crippen molar-refractivity contribution in [3.8, 4) is 0 Å². The molecule has 0 atom stereocenters. The standard InChI is InChI=1S/C12H15N3O3S2/c1-3-11-13-14-12(19-11)15-20(17,18)10-6-4-5-9(7-16)8(10)2/h4-6,16H,3,7H2,1-2H3,(H,14,15). The molecule has 108 valence electrons. The first-order valence-corrected chi connectivity index (χ1v) is 8.32. The van der Waals surface area contributed by atoms with Crippen LogP contribution in [-0.2, 0) is 23.1 Å². The van der Waals surface area contributed by atoms with Crippen molar-refractivity contribution in [1.29, 1.82) is 0 Å². The van der Waals surface area contributed by atoms with E-state index in [1.54, 1.807) is 19.1 Å². The number of hydrogen-bond acceptors (Lipinski definition) is 6. The average Bonchev–Trinajstić information content (AvgIpc) is 2.85. The highest BCUT2D eigenvalue weighted by Crippen LogP contribution is 2.23. The molecule has 2 aromatic rings. The normalized spacial score (nSPS) is 11.6. The minimum absolute atomic E-state index is 0.136. The minimum Gasteiger partial charge on any atom is -0.392 e. The van der Waals surface area contributed by atoms with Crippen molar-refractivity contribution in [3.63, 3.8) is 0 Å². The minimum atomic E-state index is -3.72. The summed E-state index contributed by atoms with van der Waals surface area (Å²) in [4.78, 5) is 0.136. The zero-order valence-corrected chi connectivity index (χ0v) is 12.8. The Bertz CT molecular complexity index is 710. The van der Waals surface area contributed by atoms with Gasteiger partial charge in [-0.2, -0.15) is 0 Å². The van der Waals surface area contributed by atoms with Crippen molar-refractivity contribution >= 4 is 26.5 Å². The number of aryl methyl sites for hydroxylation is 1. The van der Waals surface area contributed by atoms with Crippen LogP contribution in [0.15, 0.2) is 23.1 Å². The zero-order chi connectivity index (χ0) is 14.8. The molecule has 0 aliphatic rings. The number of aliphatic hydroxyl groups excluding tert-OH is 1. The zero-order valence-electron chi connectivity index (χ0n) is 11.1. The molecule has 20 heavy (non-hydrogen) atoms. The molecule has 0 saturated heterocycles. The third-order valence-corrected chi connectivity index (χ3v) is 5.44. The lowest BCUT2D eigenvalue weighted by atomic mass is 10.1. The van der Waals surface area contributed by atoms with Crippen LogP contribution in [0.3, 0.4) is 0 Å². The van der Waals surface area contributed by atoms with Crippen molar-refractivity contribution in [2.75, 3.05) is 4.72 Å². The Morgan fingerprint density at radius 2 is 2.10 bits per heavy atom. The van der Waals surface area contributed by atoms with E-state index in [1.807, 2.05) is 6.92 Å². The van der Waals surface area contributed by atoms with Crippen LogP contribution in [0.25, 0.3) is 0 Å². The molecule has 1 aromatic heterocycles. The number of nitrogens with one attached hydrogen (secondary N) is 1. The molecular formula is C12H15N3O3S2. The quantitative estimate of drug-likeness (QED) is 0.876. The summed E-state index contributed by atoms with van der Waals surface area (Å²) in [5.41, 5.74) is 1.11. The highest BCUT2D eigenvalue weighted by Gasteiger charge is 2.20. The Hall–Kier alpha value is -1.51. The summed E-state index contributed by atoms with van der Waals surface area (Å²) in [6, 6.07) is 4.79. The Balaban J connectivity index is 2.35. The first-order valence-electron chi connectivity index (χ1n) is 6.02. The van der Waals surface area contributed by atoms with Gasteiger partial charge in [-0.05, 0) is 30.5 Å². The van der Waals surface area contributed by atoms with Crippen LogP contribution in [-0.4, -0.2) is 23.7 Å². The molecule has 8 heteroatoms. The van der Waals surface area contributed by atoms with Gasteiger partial charge in [0.1, 0.15) is 5.01 Å². The molecule has 1 heterocycles. The summed E-state index contributed by atoms with van der Waals surface area (Å²) in [6.45, 7) is 3.39. The second-order valence-electron chi connectivity index (χ2n) is 4.16. The van der Waals surface area contributed by atoms with Crippen LogP contribution in [0.2, 0.25) is 0 Å². The third-order valence-electron chi connectivity index (χ3n) is 2.85. The summed E-state index contributed by atoms with van der Waals surface area (Å²) < 4.78 is 27.1. The van der Waals surface area contributed by atoms with Crippen molar-refractivity contribution in [1.82, 2.24) is 10.2 Å². The lowest BCUT2D eigenvalue weighted by molar-refractivity contribution is 0.280. The number of rotatable bonds is 5. The maximum Gasteiger partial charge on any atom is 0.263 e. The molecule has 0 unspecified atom stereocenters. The predicted molar refractivity (Wildman–Crippen MR) is 77.2 cm³/mol. The summed E-state index contributed by atoms with van der Waals surface area (Å²) >= 11 is 1.21. The second kappa shape index (κ2) is 5.86. The summed E-state index contributed by atoms with van der Waals surface area (Å²) in [6.07, 6.45) is 0.707. The fourth-order valence-electron chi connectivity index (χ4n) is 1.73. The molecule has 1 aromatic carbocycles. The van der Waals surface area contributed by atoms with Gasteiger partial charge in [-0.3, -0.25) is 4.72 Å². The van der Waals surface area contributed by atoms with Crippen molar-refractivity contribution in [2.24, 2.45) is 0 Å². The molecule has 0 aliphatic heterocycles. The molecule has 2 N–H and O–H groups in total. The van der Waals surface area contributed by atoms with E-state index >= 15 is 0 Å². The van der Waals surface area contributed by atoms with Gasteiger partial charge in [-0.1, -0.05) is 30.4 Å². The maximum atomic E-state index is 12.3. The van der Waals surface area contributed by atoms with Crippen molar-refractivity contribution in [3.05, 3.63) is 34.3 Å². The topological polar surface area (TPSA) is 92.2 Å². The molecule has 0 saturated carbocycles. The smallest absolute Gasteiger partial charge is 0.263 e. The van der Waals surface area contributed by atoms with E-state index in [2.05, 4.69) is 14.9 Å². The summed E-state index contributed by atoms with van der Waals surface area (Å²) in [5.74, 6) is 0. The van der Waals surface area contributed by atoms with Crippen LogP contribution in [0.5, 0.6) is 0 Å². The molecule has 0 fully saturated rings. The van der Waals surface area contributed by atoms with Crippen LogP contribution in [0.4, 0.5) is 5.13 Å². The second-order valence-corrected chi connectivity index (χ2v) is 6.87. The van der Waals surface area contributed by atoms with E-state index in [-0.39, 0.29) is 16.6 Å². The lowest BCUT2D eigenvalue weighted by Crippen LogP contribution is -2.15. The van der Waals surface area contributed by atoms with E-state index in [1.165, 1.54) is 17.4 Å². The van der Waals surface area contributed by atoms with Crippen LogP contribution >= 0.6 is 11.3 Å². The Labute approximate surface area is 121 Å². The number of aromatic nitrogens is 2. The van der Waals surface area contributed by atoms with Gasteiger partial charge in [-0.15, -0.1) is 10.2 Å². The van der Waals surface area contributed by atoms with Gasteiger partial charge in [-0.25, -0.2) is 8.42 Å². The Kier molecular flexibility index (Phi) is 4.36. The highest BCUT2D eigenvalue weighted by molar-refractivity contribution is 7.93. The first-order chi connectivity index (χ1) is 9.47. The van der Waals surface area contributed by atoms with Gasteiger partial charge in [0.2, 0.25) is 5.13 Å². The van der Waals surface area contributed by atoms with Crippen molar-refractivity contribution in [2.45, 2.75) is 31.8 Å². The fraction of sp³-hybridized carbons (Fsp3) is 0.333. The molecule has 2 rings (SSSR count). The molecular weight excluding hydrogens is 298 g/mol. The van der Waals surface area contributed by atoms with Gasteiger partial charge >= 0.3 is 0 Å². The molecule has 0 amide bonds. The number of nitrogens with zero attached hydrogens (tertiary/aromatic N) is 2. The Morgan fingerprint density at radius 3 is 2.70 bits per heavy atom. The number of hydrogen-bond donors (Lipinski definition) is 2. The monoisotopic (exact) mass is 313 g/mol. The third kappa shape index (κ3) is 2.97. The van der Waals surface area contributed by atoms with E-state index in [0.29, 0.717) is 17.5 Å². The number of sulfonamides is 1. The molecule has 6 nitrogen and oxygen atoms in total. The van der Waals surface area contributed by atoms with E-state index < -0.39 is 10.0 Å². The lowest BCUT2D eigenvalue weighted by Gasteiger charge is -2.10. The van der Waals surface area contributed by atoms with E-state index in [9.17, 15) is 13.5 Å². The fourth-order valence-corrected chi connectivity index (χ4v) is 3.93. The van der Waals surface area contributed by atoms with E-state index in [0.717, 1.165) is 5.01 Å². The Morgan fingerprint density at radius 1 is 1.35 bits per heavy atom. The first kappa shape index (κ1) is 14.9. The molecule has 0 aliphatic carbocycles. The van der Waals surface area contributed by atoms with Gasteiger partial charge in [0, 0.05) is 0 Å². The largest absolute Gasteiger partial charge is 0.392 e. The maximum absolute atomic E-state index is 12.3. The number of benzene rings is 1. The SMILES string of the molecule is CCc1nnc(NS(=O)(=O)c2cccc(CO)c2C)s1. The summed E-state index contributed by atoms with van der Waals surface area (Å²) in [5, 5.41) is 17.9. The van der Waals surface area contributed by atoms with Gasteiger partial charge in [0.25, 0.3) is 10.0 Å². The number of aliphatic hydroxyl groups is 1. The average molecular weight is 313 g/mol. The van der Waals surface area contributed by atoms with Gasteiger partial charge < -0.3 is 5.11 Å². The van der Waals surface area contributed by atoms with Crippen LogP contribution < -0.4 is 4.72 Å². The molecule has 0 spiro atoms. The van der Waals surface area contributed by atoms with Gasteiger partial charge in [0.15, 0.2) is 0 Å². The highest BCUT2D eigenvalue weighted by atomic mass is 32.2. The van der Waals surface area contributed by atoms with Crippen LogP contribution in [0.1, 0.15) is 23.1 Å². The predicted octanol–water partition coefficient (Wildman–Crippen LogP) is 1.70. The molecule has 0 bridgehead atoms. The summed E-state index contributed by atoms with van der Waals surface area (Å²) in [7, 11) is -3.72. The van der Waals surface area contributed by atoms with Crippen LogP contribution in [0, 0.1) is 6.92 Å². The van der Waals surface area contributed by atoms with E-state index in [4.69, 9.17) is 0 Å². The van der Waals surface area contributed by atoms with Crippen molar-refractivity contribution < 1.29 is 13.5 Å².